The molecule has 0 saturated heterocycles. The van der Waals surface area contributed by atoms with Crippen molar-refractivity contribution in [3.8, 4) is 0 Å². The molecule has 0 radical (unpaired) electrons. The van der Waals surface area contributed by atoms with E-state index in [0.29, 0.717) is 56.9 Å². The minimum atomic E-state index is -4.62. The standard InChI is InChI=1S/C20H14ClF3N6OS.C20H15F3N6OS.C19H15N7O3S/c21-16-5-4-13(7-15(16)20(22,23)24)29-19(31)28-12-3-1-2-11(6-12)9-32-18-14-8-27-30-17(14)25-10-26-18;21-20(22,23)13-4-6-14(7-5-13)27-19(30)28-15-3-1-2-12(8-15)10-31-18-16-9-26-29-17(16)24-11-25-18;27-19(23-13-4-6-15(7-5-13)26(28)29)24-14-3-1-2-12(8-14)10-30-18-16-9-22-25-17(16)20-11-21-18/h1-8,10H,9H2,(H2,28,29,31)(H,25,26,27,30);1-9,11H,10H2,(H2,27,28,30)(H,24,25,26,29);1-9,11H,10H2,(H2,23,24,27)(H,20,21,22,25). The Bertz CT molecular complexity index is 4620. The average Bonchev–Trinajstić information content (AvgIpc) is 2.02. The minimum absolute atomic E-state index is 0.0289. The van der Waals surface area contributed by atoms with E-state index in [-0.39, 0.29) is 17.1 Å². The van der Waals surface area contributed by atoms with E-state index < -0.39 is 51.5 Å². The smallest absolute Gasteiger partial charge is 0.308 e. The van der Waals surface area contributed by atoms with Gasteiger partial charge < -0.3 is 31.9 Å². The van der Waals surface area contributed by atoms with E-state index in [9.17, 15) is 50.8 Å². The number of benzene rings is 6. The number of rotatable bonds is 16. The molecule has 0 saturated carbocycles. The maximum atomic E-state index is 13.0. The van der Waals surface area contributed by atoms with Crippen LogP contribution in [-0.4, -0.2) is 83.5 Å². The van der Waals surface area contributed by atoms with Gasteiger partial charge >= 0.3 is 30.4 Å². The van der Waals surface area contributed by atoms with Crippen molar-refractivity contribution in [1.29, 1.82) is 0 Å². The number of hydrogen-bond donors (Lipinski definition) is 9. The molecule has 0 aliphatic rings. The summed E-state index contributed by atoms with van der Waals surface area (Å²) in [5.41, 5.74) is 5.37. The van der Waals surface area contributed by atoms with E-state index >= 15 is 0 Å². The summed E-state index contributed by atoms with van der Waals surface area (Å²) in [4.78, 5) is 72.0. The number of anilines is 6. The number of urea groups is 3. The third kappa shape index (κ3) is 18.2. The Morgan fingerprint density at radius 1 is 0.452 bits per heavy atom. The Morgan fingerprint density at radius 3 is 1.15 bits per heavy atom. The van der Waals surface area contributed by atoms with Crippen molar-refractivity contribution in [2.75, 3.05) is 31.9 Å². The monoisotopic (exact) mass is 1340 g/mol. The molecular formula is C59H44ClF6N19O5S3. The number of H-pyrrole nitrogens is 3. The third-order valence-electron chi connectivity index (χ3n) is 12.7. The Labute approximate surface area is 537 Å². The Balaban J connectivity index is 0.000000153. The van der Waals surface area contributed by atoms with E-state index in [1.54, 1.807) is 66.8 Å². The number of aromatic amines is 3. The number of thioether (sulfide) groups is 3. The van der Waals surface area contributed by atoms with Crippen LogP contribution in [0.3, 0.4) is 0 Å². The summed E-state index contributed by atoms with van der Waals surface area (Å²) in [6.07, 6.45) is 0.375. The van der Waals surface area contributed by atoms with Crippen molar-refractivity contribution in [3.05, 3.63) is 220 Å². The zero-order chi connectivity index (χ0) is 65.5. The molecule has 0 bridgehead atoms. The normalized spacial score (nSPS) is 11.2. The molecule has 93 heavy (non-hydrogen) atoms. The zero-order valence-electron chi connectivity index (χ0n) is 47.2. The Kier molecular flexibility index (Phi) is 20.9. The summed E-state index contributed by atoms with van der Waals surface area (Å²) < 4.78 is 76.9. The second-order valence-electron chi connectivity index (χ2n) is 19.2. The van der Waals surface area contributed by atoms with Crippen LogP contribution in [0.1, 0.15) is 27.8 Å². The molecule has 12 aromatic rings. The molecule has 6 aromatic heterocycles. The summed E-state index contributed by atoms with van der Waals surface area (Å²) in [6.45, 7) is 0. The van der Waals surface area contributed by atoms with Crippen molar-refractivity contribution in [1.82, 2.24) is 60.5 Å². The predicted octanol–water partition coefficient (Wildman–Crippen LogP) is 15.5. The summed E-state index contributed by atoms with van der Waals surface area (Å²) in [5.74, 6) is 1.82. The fourth-order valence-corrected chi connectivity index (χ4v) is 11.3. The minimum Gasteiger partial charge on any atom is -0.308 e. The van der Waals surface area contributed by atoms with Crippen LogP contribution in [0.2, 0.25) is 5.02 Å². The number of nitrogens with zero attached hydrogens (tertiary/aromatic N) is 10. The number of fused-ring (bicyclic) bond motifs is 3. The van der Waals surface area contributed by atoms with E-state index in [0.717, 1.165) is 72.2 Å². The van der Waals surface area contributed by atoms with Gasteiger partial charge in [-0.2, -0.15) is 41.6 Å². The lowest BCUT2D eigenvalue weighted by atomic mass is 10.2. The molecule has 0 atom stereocenters. The van der Waals surface area contributed by atoms with Gasteiger partial charge in [-0.05, 0) is 108 Å². The summed E-state index contributed by atoms with van der Waals surface area (Å²) >= 11 is 10.1. The second-order valence-corrected chi connectivity index (χ2v) is 22.5. The highest BCUT2D eigenvalue weighted by atomic mass is 35.5. The molecule has 0 spiro atoms. The number of nitro benzene ring substituents is 1. The Morgan fingerprint density at radius 2 is 0.796 bits per heavy atom. The number of nitro groups is 1. The van der Waals surface area contributed by atoms with Crippen LogP contribution in [0.15, 0.2) is 192 Å². The topological polar surface area (TPSA) is 330 Å². The number of carbonyl (C=O) groups is 3. The van der Waals surface area contributed by atoms with E-state index in [1.807, 2.05) is 36.4 Å². The number of nitrogens with one attached hydrogen (secondary N) is 9. The number of alkyl halides is 6. The average molecular weight is 1340 g/mol. The highest BCUT2D eigenvalue weighted by molar-refractivity contribution is 7.99. The molecule has 34 heteroatoms. The van der Waals surface area contributed by atoms with Crippen molar-refractivity contribution < 1.29 is 45.6 Å². The van der Waals surface area contributed by atoms with Crippen LogP contribution in [-0.2, 0) is 29.6 Å². The number of aromatic nitrogens is 12. The van der Waals surface area contributed by atoms with Gasteiger partial charge in [-0.1, -0.05) is 48.0 Å². The Hall–Kier alpha value is -10.9. The molecule has 12 rings (SSSR count). The van der Waals surface area contributed by atoms with Gasteiger partial charge in [-0.25, -0.2) is 44.3 Å². The van der Waals surface area contributed by atoms with Gasteiger partial charge in [0, 0.05) is 63.5 Å². The third-order valence-corrected chi connectivity index (χ3v) is 16.2. The molecule has 0 unspecified atom stereocenters. The van der Waals surface area contributed by atoms with Crippen LogP contribution < -0.4 is 31.9 Å². The maximum absolute atomic E-state index is 13.0. The van der Waals surface area contributed by atoms with Crippen molar-refractivity contribution in [2.24, 2.45) is 0 Å². The van der Waals surface area contributed by atoms with Crippen molar-refractivity contribution >= 4 is 138 Å². The van der Waals surface area contributed by atoms with Crippen LogP contribution in [0.4, 0.5) is 80.5 Å². The van der Waals surface area contributed by atoms with E-state index in [1.165, 1.54) is 85.0 Å². The summed E-state index contributed by atoms with van der Waals surface area (Å²) in [7, 11) is 0. The SMILES string of the molecule is O=C(Nc1ccc(C(F)(F)F)cc1)Nc1cccc(CSc2ncnc3[nH]ncc23)c1.O=C(Nc1ccc([N+](=O)[O-])cc1)Nc1cccc(CSc2ncnc3[nH]ncc23)c1.O=C(Nc1cccc(CSc2ncnc3[nH]ncc23)c1)Nc1ccc(Cl)c(C(F)(F)F)c1. The first-order chi connectivity index (χ1) is 44.8. The lowest BCUT2D eigenvalue weighted by Gasteiger charge is -2.12. The predicted molar refractivity (Wildman–Crippen MR) is 342 cm³/mol. The summed E-state index contributed by atoms with van der Waals surface area (Å²) in [6, 6.07) is 33.1. The highest BCUT2D eigenvalue weighted by Crippen LogP contribution is 2.37. The molecule has 6 heterocycles. The fraction of sp³-hybridized carbons (Fsp3) is 0.0847. The number of amides is 6. The maximum Gasteiger partial charge on any atom is 0.417 e. The molecule has 0 aliphatic heterocycles. The molecule has 472 valence electrons. The quantitative estimate of drug-likeness (QED) is 0.0143. The second kappa shape index (κ2) is 29.8. The zero-order valence-corrected chi connectivity index (χ0v) is 50.5. The lowest BCUT2D eigenvalue weighted by Crippen LogP contribution is -2.20. The fourth-order valence-electron chi connectivity index (χ4n) is 8.35. The van der Waals surface area contributed by atoms with Gasteiger partial charge in [0.05, 0.1) is 55.8 Å². The number of non-ortho nitro benzene ring substituents is 1. The molecule has 6 amide bonds. The van der Waals surface area contributed by atoms with Gasteiger partial charge in [0.15, 0.2) is 16.9 Å². The lowest BCUT2D eigenvalue weighted by molar-refractivity contribution is -0.384. The largest absolute Gasteiger partial charge is 0.417 e. The van der Waals surface area contributed by atoms with Crippen LogP contribution in [0.5, 0.6) is 0 Å². The first-order valence-corrected chi connectivity index (χ1v) is 30.2. The van der Waals surface area contributed by atoms with Crippen molar-refractivity contribution in [2.45, 2.75) is 44.7 Å². The first kappa shape index (κ1) is 65.1. The van der Waals surface area contributed by atoms with Crippen molar-refractivity contribution in [3.63, 3.8) is 0 Å². The highest BCUT2D eigenvalue weighted by Gasteiger charge is 2.34. The molecule has 9 N–H and O–H groups in total. The van der Waals surface area contributed by atoms with Gasteiger partial charge in [0.2, 0.25) is 0 Å². The van der Waals surface area contributed by atoms with Gasteiger partial charge in [-0.3, -0.25) is 25.4 Å². The van der Waals surface area contributed by atoms with Gasteiger partial charge in [-0.15, -0.1) is 35.3 Å². The number of hydrogen-bond acceptors (Lipinski definition) is 17. The molecule has 6 aromatic carbocycles. The molecular weight excluding hydrogens is 1300 g/mol. The molecule has 0 fully saturated rings. The van der Waals surface area contributed by atoms with Gasteiger partial charge in [0.1, 0.15) is 34.1 Å². The van der Waals surface area contributed by atoms with Crippen LogP contribution in [0, 0.1) is 10.1 Å². The van der Waals surface area contributed by atoms with Gasteiger partial charge in [0.25, 0.3) is 5.69 Å². The number of halogens is 7. The number of carbonyl (C=O) groups excluding carboxylic acids is 3. The van der Waals surface area contributed by atoms with E-state index in [4.69, 9.17) is 11.6 Å². The van der Waals surface area contributed by atoms with Crippen LogP contribution in [0.25, 0.3) is 33.1 Å². The van der Waals surface area contributed by atoms with E-state index in [2.05, 4.69) is 92.4 Å². The molecule has 0 aliphatic carbocycles. The van der Waals surface area contributed by atoms with Crippen LogP contribution >= 0.6 is 46.9 Å². The summed E-state index contributed by atoms with van der Waals surface area (Å²) in [5, 5.41) is 51.0. The molecule has 24 nitrogen and oxygen atoms in total. The first-order valence-electron chi connectivity index (χ1n) is 26.9.